The molecule has 0 radical (unpaired) electrons. The van der Waals surface area contributed by atoms with Gasteiger partial charge in [-0.05, 0) is 51.2 Å². The monoisotopic (exact) mass is 525 g/mol. The van der Waals surface area contributed by atoms with Crippen molar-refractivity contribution < 1.29 is 9.59 Å². The number of anilines is 1. The largest absolute Gasteiger partial charge is 0.335 e. The normalized spacial score (nSPS) is 19.6. The Morgan fingerprint density at radius 1 is 1.03 bits per heavy atom. The van der Waals surface area contributed by atoms with Crippen LogP contribution in [0.1, 0.15) is 85.8 Å². The first-order valence-corrected chi connectivity index (χ1v) is 14.7. The van der Waals surface area contributed by atoms with Gasteiger partial charge in [0, 0.05) is 33.1 Å². The van der Waals surface area contributed by atoms with Crippen molar-refractivity contribution >= 4 is 45.5 Å². The molecule has 2 fully saturated rings. The number of hydrogen-bond donors (Lipinski definition) is 0. The van der Waals surface area contributed by atoms with Crippen molar-refractivity contribution in [1.29, 1.82) is 0 Å². The standard InChI is InChI=1S/C29H36ClN3O2S/c1-19-20(2)36-29-27(19)28(23-15-9-10-16-24(23)30)31-17-25(34)32(29)18-26(35)33(21-11-5-3-6-12-21)22-13-7-4-8-14-22/h9-10,15-16,21-22H,3-8,11-14,17-18H2,1-2H3. The molecule has 2 aliphatic carbocycles. The summed E-state index contributed by atoms with van der Waals surface area (Å²) in [6.45, 7) is 4.24. The van der Waals surface area contributed by atoms with Gasteiger partial charge in [-0.1, -0.05) is 68.3 Å². The number of carbonyl (C=O) groups excluding carboxylic acids is 2. The molecular weight excluding hydrogens is 490 g/mol. The van der Waals surface area contributed by atoms with Crippen LogP contribution in [0.2, 0.25) is 5.02 Å². The number of hydrogen-bond acceptors (Lipinski definition) is 4. The topological polar surface area (TPSA) is 53.0 Å². The quantitative estimate of drug-likeness (QED) is 0.436. The fourth-order valence-corrected chi connectivity index (χ4v) is 7.57. The maximum Gasteiger partial charge on any atom is 0.249 e. The van der Waals surface area contributed by atoms with Crippen molar-refractivity contribution in [3.63, 3.8) is 0 Å². The molecule has 2 aromatic rings. The minimum Gasteiger partial charge on any atom is -0.335 e. The van der Waals surface area contributed by atoms with Crippen LogP contribution in [0.3, 0.4) is 0 Å². The highest BCUT2D eigenvalue weighted by Crippen LogP contribution is 2.40. The van der Waals surface area contributed by atoms with Crippen LogP contribution in [0.5, 0.6) is 0 Å². The van der Waals surface area contributed by atoms with Crippen molar-refractivity contribution in [2.45, 2.75) is 90.1 Å². The van der Waals surface area contributed by atoms with Gasteiger partial charge in [-0.2, -0.15) is 0 Å². The second-order valence-corrected chi connectivity index (χ2v) is 12.1. The maximum absolute atomic E-state index is 14.1. The first kappa shape index (κ1) is 25.5. The van der Waals surface area contributed by atoms with Gasteiger partial charge in [-0.3, -0.25) is 19.5 Å². The number of aliphatic imine (C=N–C) groups is 1. The van der Waals surface area contributed by atoms with Crippen LogP contribution >= 0.6 is 22.9 Å². The molecule has 2 amide bonds. The molecule has 0 saturated heterocycles. The minimum atomic E-state index is -0.125. The number of thiophene rings is 1. The number of amides is 2. The molecule has 0 bridgehead atoms. The van der Waals surface area contributed by atoms with Crippen LogP contribution in [0.15, 0.2) is 29.3 Å². The lowest BCUT2D eigenvalue weighted by molar-refractivity contribution is -0.137. The number of carbonyl (C=O) groups is 2. The minimum absolute atomic E-state index is 0.0145. The molecule has 2 heterocycles. The van der Waals surface area contributed by atoms with E-state index in [0.29, 0.717) is 17.1 Å². The van der Waals surface area contributed by atoms with E-state index < -0.39 is 0 Å². The van der Waals surface area contributed by atoms with Gasteiger partial charge in [0.1, 0.15) is 18.1 Å². The zero-order valence-corrected chi connectivity index (χ0v) is 23.0. The van der Waals surface area contributed by atoms with Crippen molar-refractivity contribution in [3.8, 4) is 0 Å². The molecule has 3 aliphatic rings. The molecule has 0 unspecified atom stereocenters. The smallest absolute Gasteiger partial charge is 0.249 e. The van der Waals surface area contributed by atoms with E-state index in [2.05, 4.69) is 18.7 Å². The lowest BCUT2D eigenvalue weighted by Gasteiger charge is -2.42. The highest BCUT2D eigenvalue weighted by Gasteiger charge is 2.36. The Bertz CT molecular complexity index is 1140. The van der Waals surface area contributed by atoms with Crippen molar-refractivity contribution in [1.82, 2.24) is 4.90 Å². The predicted octanol–water partition coefficient (Wildman–Crippen LogP) is 6.70. The van der Waals surface area contributed by atoms with E-state index in [-0.39, 0.29) is 24.9 Å². The van der Waals surface area contributed by atoms with Gasteiger partial charge in [-0.25, -0.2) is 0 Å². The first-order valence-electron chi connectivity index (χ1n) is 13.5. The van der Waals surface area contributed by atoms with Gasteiger partial charge in [-0.15, -0.1) is 11.3 Å². The van der Waals surface area contributed by atoms with Gasteiger partial charge in [0.15, 0.2) is 0 Å². The molecule has 1 aromatic heterocycles. The molecule has 36 heavy (non-hydrogen) atoms. The fourth-order valence-electron chi connectivity index (χ4n) is 6.18. The average molecular weight is 526 g/mol. The highest BCUT2D eigenvalue weighted by molar-refractivity contribution is 7.17. The van der Waals surface area contributed by atoms with E-state index in [1.165, 1.54) is 38.5 Å². The molecule has 0 N–H and O–H groups in total. The molecule has 1 aromatic carbocycles. The summed E-state index contributed by atoms with van der Waals surface area (Å²) in [5.74, 6) is -0.0295. The highest BCUT2D eigenvalue weighted by atomic mass is 35.5. The molecular formula is C29H36ClN3O2S. The summed E-state index contributed by atoms with van der Waals surface area (Å²) in [6, 6.07) is 8.26. The number of fused-ring (bicyclic) bond motifs is 1. The van der Waals surface area contributed by atoms with Crippen LogP contribution in [-0.4, -0.2) is 47.6 Å². The SMILES string of the molecule is Cc1sc2c(c1C)C(c1ccccc1Cl)=NCC(=O)N2CC(=O)N(C1CCCCC1)C1CCCCC1. The van der Waals surface area contributed by atoms with E-state index in [1.54, 1.807) is 16.2 Å². The molecule has 0 spiro atoms. The van der Waals surface area contributed by atoms with Crippen LogP contribution < -0.4 is 4.90 Å². The lowest BCUT2D eigenvalue weighted by Crippen LogP contribution is -2.53. The predicted molar refractivity (Wildman–Crippen MR) is 149 cm³/mol. The van der Waals surface area contributed by atoms with E-state index in [1.807, 2.05) is 24.3 Å². The fraction of sp³-hybridized carbons (Fsp3) is 0.552. The summed E-state index contributed by atoms with van der Waals surface area (Å²) in [6.07, 6.45) is 11.6. The van der Waals surface area contributed by atoms with Crippen LogP contribution in [-0.2, 0) is 9.59 Å². The second-order valence-electron chi connectivity index (χ2n) is 10.5. The third-order valence-electron chi connectivity index (χ3n) is 8.17. The van der Waals surface area contributed by atoms with E-state index in [0.717, 1.165) is 58.0 Å². The van der Waals surface area contributed by atoms with Crippen molar-refractivity contribution in [3.05, 3.63) is 50.9 Å². The Labute approximate surface area is 223 Å². The summed E-state index contributed by atoms with van der Waals surface area (Å²) in [5, 5.41) is 1.44. The number of rotatable bonds is 5. The van der Waals surface area contributed by atoms with Gasteiger partial charge < -0.3 is 4.90 Å². The van der Waals surface area contributed by atoms with E-state index in [4.69, 9.17) is 16.6 Å². The Balaban J connectivity index is 1.49. The zero-order chi connectivity index (χ0) is 25.2. The number of aryl methyl sites for hydroxylation is 1. The molecule has 192 valence electrons. The zero-order valence-electron chi connectivity index (χ0n) is 21.4. The van der Waals surface area contributed by atoms with Crippen molar-refractivity contribution in [2.75, 3.05) is 18.0 Å². The van der Waals surface area contributed by atoms with Crippen molar-refractivity contribution in [2.24, 2.45) is 4.99 Å². The Hall–Kier alpha value is -2.18. The first-order chi connectivity index (χ1) is 17.5. The molecule has 0 atom stereocenters. The lowest BCUT2D eigenvalue weighted by atomic mass is 9.88. The summed E-state index contributed by atoms with van der Waals surface area (Å²) >= 11 is 8.15. The maximum atomic E-state index is 14.1. The number of benzene rings is 1. The Morgan fingerprint density at radius 3 is 2.25 bits per heavy atom. The van der Waals surface area contributed by atoms with Gasteiger partial charge in [0.2, 0.25) is 11.8 Å². The molecule has 5 nitrogen and oxygen atoms in total. The van der Waals surface area contributed by atoms with Crippen LogP contribution in [0.4, 0.5) is 5.00 Å². The van der Waals surface area contributed by atoms with Gasteiger partial charge in [0.25, 0.3) is 0 Å². The van der Waals surface area contributed by atoms with Crippen LogP contribution in [0.25, 0.3) is 0 Å². The molecule has 5 rings (SSSR count). The molecule has 2 saturated carbocycles. The molecule has 7 heteroatoms. The summed E-state index contributed by atoms with van der Waals surface area (Å²) in [4.78, 5) is 37.4. The summed E-state index contributed by atoms with van der Waals surface area (Å²) in [7, 11) is 0. The third-order valence-corrected chi connectivity index (χ3v) is 9.73. The average Bonchev–Trinajstić information content (AvgIpc) is 3.11. The van der Waals surface area contributed by atoms with Gasteiger partial charge in [0.05, 0.1) is 5.71 Å². The number of nitrogens with zero attached hydrogens (tertiary/aromatic N) is 3. The Morgan fingerprint density at radius 2 is 1.64 bits per heavy atom. The van der Waals surface area contributed by atoms with E-state index in [9.17, 15) is 9.59 Å². The number of halogens is 1. The summed E-state index contributed by atoms with van der Waals surface area (Å²) in [5.41, 5.74) is 3.61. The second kappa shape index (κ2) is 11.1. The van der Waals surface area contributed by atoms with E-state index >= 15 is 0 Å². The Kier molecular flexibility index (Phi) is 7.82. The van der Waals surface area contributed by atoms with Gasteiger partial charge >= 0.3 is 0 Å². The molecule has 1 aliphatic heterocycles. The summed E-state index contributed by atoms with van der Waals surface area (Å²) < 4.78 is 0. The third kappa shape index (κ3) is 4.99. The van der Waals surface area contributed by atoms with Crippen LogP contribution in [0, 0.1) is 13.8 Å².